The summed E-state index contributed by atoms with van der Waals surface area (Å²) in [6, 6.07) is 4.72. The zero-order valence-electron chi connectivity index (χ0n) is 9.67. The van der Waals surface area contributed by atoms with Gasteiger partial charge in [0.2, 0.25) is 0 Å². The largest absolute Gasteiger partial charge is 0.478 e. The lowest BCUT2D eigenvalue weighted by molar-refractivity contribution is 0.0698. The van der Waals surface area contributed by atoms with Gasteiger partial charge in [0.1, 0.15) is 0 Å². The molecule has 1 rings (SSSR count). The van der Waals surface area contributed by atoms with Gasteiger partial charge in [-0.1, -0.05) is 32.4 Å². The molecule has 1 aromatic carbocycles. The van der Waals surface area contributed by atoms with Gasteiger partial charge in [0, 0.05) is 11.6 Å². The van der Waals surface area contributed by atoms with E-state index >= 15 is 0 Å². The van der Waals surface area contributed by atoms with E-state index in [1.807, 2.05) is 0 Å². The summed E-state index contributed by atoms with van der Waals surface area (Å²) >= 11 is 5.84. The molecule has 88 valence electrons. The topological polar surface area (TPSA) is 49.3 Å². The number of aromatic carboxylic acids is 1. The van der Waals surface area contributed by atoms with Crippen LogP contribution in [0, 0.1) is 5.41 Å². The van der Waals surface area contributed by atoms with Gasteiger partial charge in [0.25, 0.3) is 0 Å². The molecule has 0 unspecified atom stereocenters. The number of carbonyl (C=O) groups is 1. The second-order valence-electron chi connectivity index (χ2n) is 4.91. The maximum Gasteiger partial charge on any atom is 0.337 e. The number of nitrogens with one attached hydrogen (secondary N) is 1. The fraction of sp³-hybridized carbons (Fsp3) is 0.417. The van der Waals surface area contributed by atoms with Crippen molar-refractivity contribution in [2.75, 3.05) is 11.9 Å². The maximum atomic E-state index is 11.0. The maximum absolute atomic E-state index is 11.0. The van der Waals surface area contributed by atoms with Crippen LogP contribution < -0.4 is 5.32 Å². The summed E-state index contributed by atoms with van der Waals surface area (Å²) in [6.07, 6.45) is 0. The van der Waals surface area contributed by atoms with Crippen molar-refractivity contribution >= 4 is 23.3 Å². The molecule has 0 bridgehead atoms. The quantitative estimate of drug-likeness (QED) is 0.852. The Morgan fingerprint density at radius 1 is 1.44 bits per heavy atom. The van der Waals surface area contributed by atoms with Crippen molar-refractivity contribution in [2.45, 2.75) is 20.8 Å². The molecule has 0 aromatic heterocycles. The van der Waals surface area contributed by atoms with Crippen LogP contribution in [0.15, 0.2) is 18.2 Å². The molecule has 0 fully saturated rings. The average molecular weight is 242 g/mol. The minimum absolute atomic E-state index is 0.0814. The molecule has 0 aliphatic heterocycles. The van der Waals surface area contributed by atoms with Crippen LogP contribution in [-0.2, 0) is 0 Å². The van der Waals surface area contributed by atoms with Crippen molar-refractivity contribution in [3.63, 3.8) is 0 Å². The van der Waals surface area contributed by atoms with Crippen molar-refractivity contribution < 1.29 is 9.90 Å². The first kappa shape index (κ1) is 12.8. The van der Waals surface area contributed by atoms with Crippen molar-refractivity contribution in [1.29, 1.82) is 0 Å². The van der Waals surface area contributed by atoms with E-state index < -0.39 is 5.97 Å². The first-order valence-corrected chi connectivity index (χ1v) is 5.44. The van der Waals surface area contributed by atoms with E-state index in [1.165, 1.54) is 6.07 Å². The van der Waals surface area contributed by atoms with Crippen LogP contribution in [-0.4, -0.2) is 17.6 Å². The Balaban J connectivity index is 2.93. The molecule has 0 amide bonds. The highest BCUT2D eigenvalue weighted by molar-refractivity contribution is 6.31. The van der Waals surface area contributed by atoms with Gasteiger partial charge >= 0.3 is 5.97 Å². The third-order valence-corrected chi connectivity index (χ3v) is 2.26. The molecule has 3 nitrogen and oxygen atoms in total. The number of carboxylic acid groups (broad SMARTS) is 1. The summed E-state index contributed by atoms with van der Waals surface area (Å²) in [5, 5.41) is 12.6. The number of hydrogen-bond donors (Lipinski definition) is 2. The lowest BCUT2D eigenvalue weighted by Gasteiger charge is -2.20. The zero-order valence-corrected chi connectivity index (χ0v) is 10.4. The molecule has 0 aliphatic carbocycles. The number of hydrogen-bond acceptors (Lipinski definition) is 2. The molecule has 0 radical (unpaired) electrons. The molecule has 0 saturated heterocycles. The number of benzene rings is 1. The molecule has 0 saturated carbocycles. The molecule has 1 aromatic rings. The van der Waals surface area contributed by atoms with Crippen LogP contribution in [0.3, 0.4) is 0 Å². The Bertz CT molecular complexity index is 396. The second-order valence-corrected chi connectivity index (χ2v) is 5.35. The summed E-state index contributed by atoms with van der Waals surface area (Å²) in [4.78, 5) is 11.0. The van der Waals surface area contributed by atoms with Crippen LogP contribution in [0.2, 0.25) is 5.02 Å². The van der Waals surface area contributed by atoms with Crippen molar-refractivity contribution in [1.82, 2.24) is 0 Å². The highest BCUT2D eigenvalue weighted by Gasteiger charge is 2.14. The number of rotatable bonds is 3. The lowest BCUT2D eigenvalue weighted by atomic mass is 9.96. The third-order valence-electron chi connectivity index (χ3n) is 2.02. The minimum Gasteiger partial charge on any atom is -0.478 e. The smallest absolute Gasteiger partial charge is 0.337 e. The van der Waals surface area contributed by atoms with Gasteiger partial charge in [0.15, 0.2) is 0 Å². The standard InChI is InChI=1S/C12H16ClNO2/c1-12(2,3)7-14-10-6-8(13)4-5-9(10)11(15)16/h4-6,14H,7H2,1-3H3,(H,15,16). The average Bonchev–Trinajstić information content (AvgIpc) is 2.13. The number of halogens is 1. The zero-order chi connectivity index (χ0) is 12.3. The van der Waals surface area contributed by atoms with Crippen LogP contribution >= 0.6 is 11.6 Å². The highest BCUT2D eigenvalue weighted by Crippen LogP contribution is 2.23. The molecule has 2 N–H and O–H groups in total. The van der Waals surface area contributed by atoms with E-state index in [2.05, 4.69) is 26.1 Å². The summed E-state index contributed by atoms with van der Waals surface area (Å²) in [7, 11) is 0. The minimum atomic E-state index is -0.951. The van der Waals surface area contributed by atoms with Crippen molar-refractivity contribution in [3.8, 4) is 0 Å². The van der Waals surface area contributed by atoms with Gasteiger partial charge < -0.3 is 10.4 Å². The molecule has 0 heterocycles. The van der Waals surface area contributed by atoms with Gasteiger partial charge in [-0.15, -0.1) is 0 Å². The van der Waals surface area contributed by atoms with Crippen LogP contribution in [0.1, 0.15) is 31.1 Å². The molecular weight excluding hydrogens is 226 g/mol. The van der Waals surface area contributed by atoms with E-state index in [9.17, 15) is 4.79 Å². The molecule has 4 heteroatoms. The summed E-state index contributed by atoms with van der Waals surface area (Å²) in [6.45, 7) is 6.91. The van der Waals surface area contributed by atoms with E-state index in [0.717, 1.165) is 0 Å². The predicted molar refractivity (Wildman–Crippen MR) is 66.4 cm³/mol. The molecule has 0 spiro atoms. The monoisotopic (exact) mass is 241 g/mol. The van der Waals surface area contributed by atoms with E-state index in [-0.39, 0.29) is 11.0 Å². The van der Waals surface area contributed by atoms with Gasteiger partial charge in [0.05, 0.1) is 11.3 Å². The Morgan fingerprint density at radius 2 is 2.06 bits per heavy atom. The van der Waals surface area contributed by atoms with E-state index in [4.69, 9.17) is 16.7 Å². The summed E-state index contributed by atoms with van der Waals surface area (Å²) in [5.41, 5.74) is 0.890. The Labute approximate surface area is 100 Å². The summed E-state index contributed by atoms with van der Waals surface area (Å²) < 4.78 is 0. The van der Waals surface area contributed by atoms with Crippen LogP contribution in [0.4, 0.5) is 5.69 Å². The Morgan fingerprint density at radius 3 is 2.56 bits per heavy atom. The fourth-order valence-electron chi connectivity index (χ4n) is 1.21. The molecular formula is C12H16ClNO2. The highest BCUT2D eigenvalue weighted by atomic mass is 35.5. The SMILES string of the molecule is CC(C)(C)CNc1cc(Cl)ccc1C(=O)O. The third kappa shape index (κ3) is 3.74. The van der Waals surface area contributed by atoms with Crippen LogP contribution in [0.25, 0.3) is 0 Å². The van der Waals surface area contributed by atoms with Gasteiger partial charge in [-0.2, -0.15) is 0 Å². The number of carboxylic acids is 1. The van der Waals surface area contributed by atoms with Crippen molar-refractivity contribution in [3.05, 3.63) is 28.8 Å². The normalized spacial score (nSPS) is 11.2. The van der Waals surface area contributed by atoms with Crippen molar-refractivity contribution in [2.24, 2.45) is 5.41 Å². The first-order chi connectivity index (χ1) is 7.29. The Kier molecular flexibility index (Phi) is 3.81. The van der Waals surface area contributed by atoms with Gasteiger partial charge in [-0.3, -0.25) is 0 Å². The lowest BCUT2D eigenvalue weighted by Crippen LogP contribution is -2.20. The first-order valence-electron chi connectivity index (χ1n) is 5.06. The van der Waals surface area contributed by atoms with E-state index in [1.54, 1.807) is 12.1 Å². The van der Waals surface area contributed by atoms with E-state index in [0.29, 0.717) is 17.3 Å². The predicted octanol–water partition coefficient (Wildman–Crippen LogP) is 3.50. The van der Waals surface area contributed by atoms with Gasteiger partial charge in [-0.05, 0) is 23.6 Å². The Hall–Kier alpha value is -1.22. The molecule has 0 aliphatic rings. The molecule has 16 heavy (non-hydrogen) atoms. The van der Waals surface area contributed by atoms with Crippen LogP contribution in [0.5, 0.6) is 0 Å². The van der Waals surface area contributed by atoms with Gasteiger partial charge in [-0.25, -0.2) is 4.79 Å². The summed E-state index contributed by atoms with van der Waals surface area (Å²) in [5.74, 6) is -0.951. The fourth-order valence-corrected chi connectivity index (χ4v) is 1.38. The second kappa shape index (κ2) is 4.74. The molecule has 0 atom stereocenters. The number of anilines is 1.